The van der Waals surface area contributed by atoms with Gasteiger partial charge in [-0.2, -0.15) is 13.2 Å². The fourth-order valence-electron chi connectivity index (χ4n) is 3.65. The Kier molecular flexibility index (Phi) is 7.59. The number of nitrogens with two attached hydrogens (primary N) is 1. The Morgan fingerprint density at radius 1 is 1.12 bits per heavy atom. The molecular formula is C23H24F3N5O2. The van der Waals surface area contributed by atoms with E-state index < -0.39 is 12.1 Å². The normalized spacial score (nSPS) is 13.5. The molecular weight excluding hydrogens is 435 g/mol. The standard InChI is InChI=1S/C21H23N5.C2HF3O2/c1-26(19(14-22)15-8-3-2-4-9-15)21-16-10-7-12-17(16)24-20(25-21)18-11-5-6-13-23-18;3-2(4,5)1(6)7/h2-6,8-9,11,13,19H,7,10,12,14,22H2,1H3;(H,6,7). The lowest BCUT2D eigenvalue weighted by Crippen LogP contribution is -2.32. The van der Waals surface area contributed by atoms with E-state index in [0.717, 1.165) is 36.5 Å². The Labute approximate surface area is 189 Å². The summed E-state index contributed by atoms with van der Waals surface area (Å²) in [6, 6.07) is 16.3. The van der Waals surface area contributed by atoms with E-state index in [1.165, 1.54) is 11.1 Å². The highest BCUT2D eigenvalue weighted by Gasteiger charge is 2.38. The number of hydrogen-bond donors (Lipinski definition) is 2. The number of pyridine rings is 1. The Morgan fingerprint density at radius 3 is 2.36 bits per heavy atom. The molecule has 0 saturated heterocycles. The average Bonchev–Trinajstić information content (AvgIpc) is 3.29. The highest BCUT2D eigenvalue weighted by atomic mass is 19.4. The summed E-state index contributed by atoms with van der Waals surface area (Å²) in [6.45, 7) is 0.526. The van der Waals surface area contributed by atoms with Gasteiger partial charge < -0.3 is 15.7 Å². The summed E-state index contributed by atoms with van der Waals surface area (Å²) >= 11 is 0. The van der Waals surface area contributed by atoms with Crippen molar-refractivity contribution in [2.75, 3.05) is 18.5 Å². The number of carboxylic acid groups (broad SMARTS) is 1. The molecule has 7 nitrogen and oxygen atoms in total. The number of hydrogen-bond acceptors (Lipinski definition) is 6. The van der Waals surface area contributed by atoms with Crippen molar-refractivity contribution >= 4 is 11.8 Å². The Bertz CT molecular complexity index is 1080. The van der Waals surface area contributed by atoms with E-state index in [-0.39, 0.29) is 6.04 Å². The molecule has 1 aliphatic carbocycles. The second kappa shape index (κ2) is 10.4. The molecule has 0 bridgehead atoms. The summed E-state index contributed by atoms with van der Waals surface area (Å²) < 4.78 is 31.7. The van der Waals surface area contributed by atoms with Crippen molar-refractivity contribution in [1.29, 1.82) is 0 Å². The van der Waals surface area contributed by atoms with Crippen molar-refractivity contribution in [2.45, 2.75) is 31.5 Å². The number of aromatic nitrogens is 3. The number of carboxylic acids is 1. The second-order valence-corrected chi connectivity index (χ2v) is 7.44. The van der Waals surface area contributed by atoms with E-state index in [0.29, 0.717) is 12.4 Å². The molecule has 0 fully saturated rings. The van der Waals surface area contributed by atoms with Crippen LogP contribution in [0.1, 0.15) is 29.3 Å². The molecule has 10 heteroatoms. The van der Waals surface area contributed by atoms with E-state index in [4.69, 9.17) is 25.6 Å². The van der Waals surface area contributed by atoms with Gasteiger partial charge in [0, 0.05) is 31.0 Å². The summed E-state index contributed by atoms with van der Waals surface area (Å²) in [7, 11) is 2.08. The zero-order valence-corrected chi connectivity index (χ0v) is 18.0. The molecule has 33 heavy (non-hydrogen) atoms. The van der Waals surface area contributed by atoms with Crippen LogP contribution in [0.15, 0.2) is 54.7 Å². The number of aryl methyl sites for hydroxylation is 1. The predicted molar refractivity (Wildman–Crippen MR) is 118 cm³/mol. The lowest BCUT2D eigenvalue weighted by atomic mass is 10.0. The highest BCUT2D eigenvalue weighted by molar-refractivity contribution is 5.73. The third kappa shape index (κ3) is 5.83. The summed E-state index contributed by atoms with van der Waals surface area (Å²) in [5, 5.41) is 7.12. The molecule has 2 heterocycles. The number of alkyl halides is 3. The number of benzene rings is 1. The monoisotopic (exact) mass is 459 g/mol. The fraction of sp³-hybridized carbons (Fsp3) is 0.304. The molecule has 1 aliphatic rings. The zero-order chi connectivity index (χ0) is 24.0. The Hall–Kier alpha value is -3.53. The summed E-state index contributed by atoms with van der Waals surface area (Å²) in [5.74, 6) is -1.09. The molecule has 0 spiro atoms. The number of fused-ring (bicyclic) bond motifs is 1. The van der Waals surface area contributed by atoms with Crippen LogP contribution in [0.2, 0.25) is 0 Å². The smallest absolute Gasteiger partial charge is 0.475 e. The van der Waals surface area contributed by atoms with Gasteiger partial charge in [-0.05, 0) is 37.0 Å². The lowest BCUT2D eigenvalue weighted by Gasteiger charge is -2.30. The first kappa shape index (κ1) is 24.1. The van der Waals surface area contributed by atoms with Crippen molar-refractivity contribution in [3.05, 3.63) is 71.5 Å². The van der Waals surface area contributed by atoms with Gasteiger partial charge in [-0.25, -0.2) is 14.8 Å². The molecule has 1 aromatic carbocycles. The maximum Gasteiger partial charge on any atom is 0.490 e. The van der Waals surface area contributed by atoms with E-state index in [1.54, 1.807) is 6.20 Å². The maximum absolute atomic E-state index is 10.6. The molecule has 0 amide bonds. The van der Waals surface area contributed by atoms with Crippen LogP contribution in [0.4, 0.5) is 19.0 Å². The van der Waals surface area contributed by atoms with Gasteiger partial charge in [0.1, 0.15) is 11.5 Å². The molecule has 2 aromatic heterocycles. The van der Waals surface area contributed by atoms with Crippen molar-refractivity contribution < 1.29 is 23.1 Å². The number of likely N-dealkylation sites (N-methyl/N-ethyl adjacent to an activating group) is 1. The minimum absolute atomic E-state index is 0.0763. The number of nitrogens with zero attached hydrogens (tertiary/aromatic N) is 4. The maximum atomic E-state index is 10.6. The van der Waals surface area contributed by atoms with Crippen LogP contribution >= 0.6 is 0 Å². The van der Waals surface area contributed by atoms with Gasteiger partial charge in [0.05, 0.1) is 6.04 Å². The molecule has 4 rings (SSSR count). The van der Waals surface area contributed by atoms with E-state index in [1.807, 2.05) is 24.3 Å². The van der Waals surface area contributed by atoms with E-state index >= 15 is 0 Å². The van der Waals surface area contributed by atoms with Crippen LogP contribution in [0.25, 0.3) is 11.5 Å². The number of rotatable bonds is 5. The molecule has 3 N–H and O–H groups in total. The first-order valence-electron chi connectivity index (χ1n) is 10.3. The van der Waals surface area contributed by atoms with Crippen LogP contribution in [0.5, 0.6) is 0 Å². The average molecular weight is 459 g/mol. The van der Waals surface area contributed by atoms with Gasteiger partial charge in [0.15, 0.2) is 5.82 Å². The summed E-state index contributed by atoms with van der Waals surface area (Å²) in [4.78, 5) is 25.2. The zero-order valence-electron chi connectivity index (χ0n) is 18.0. The van der Waals surface area contributed by atoms with E-state index in [2.05, 4.69) is 41.2 Å². The van der Waals surface area contributed by atoms with Gasteiger partial charge in [-0.3, -0.25) is 4.98 Å². The topological polar surface area (TPSA) is 105 Å². The van der Waals surface area contributed by atoms with Gasteiger partial charge in [-0.1, -0.05) is 36.4 Å². The summed E-state index contributed by atoms with van der Waals surface area (Å²) in [5.41, 5.74) is 10.5. The van der Waals surface area contributed by atoms with Crippen molar-refractivity contribution in [1.82, 2.24) is 15.0 Å². The molecule has 0 saturated carbocycles. The number of aliphatic carboxylic acids is 1. The predicted octanol–water partition coefficient (Wildman–Crippen LogP) is 3.80. The molecule has 0 radical (unpaired) electrons. The Balaban J connectivity index is 0.000000383. The highest BCUT2D eigenvalue weighted by Crippen LogP contribution is 2.34. The van der Waals surface area contributed by atoms with Crippen LogP contribution in [0.3, 0.4) is 0 Å². The molecule has 174 valence electrons. The number of anilines is 1. The van der Waals surface area contributed by atoms with E-state index in [9.17, 15) is 13.2 Å². The van der Waals surface area contributed by atoms with Crippen molar-refractivity contribution in [2.24, 2.45) is 5.73 Å². The van der Waals surface area contributed by atoms with Crippen molar-refractivity contribution in [3.8, 4) is 11.5 Å². The first-order valence-corrected chi connectivity index (χ1v) is 10.3. The number of carbonyl (C=O) groups is 1. The van der Waals surface area contributed by atoms with Crippen LogP contribution in [-0.2, 0) is 17.6 Å². The minimum Gasteiger partial charge on any atom is -0.475 e. The SMILES string of the molecule is CN(c1nc(-c2ccccn2)nc2c1CCC2)C(CN)c1ccccc1.O=C(O)C(F)(F)F. The van der Waals surface area contributed by atoms with Gasteiger partial charge >= 0.3 is 12.1 Å². The van der Waals surface area contributed by atoms with Gasteiger partial charge in [-0.15, -0.1) is 0 Å². The summed E-state index contributed by atoms with van der Waals surface area (Å²) in [6.07, 6.45) is -0.169. The largest absolute Gasteiger partial charge is 0.490 e. The van der Waals surface area contributed by atoms with Crippen LogP contribution in [0, 0.1) is 0 Å². The minimum atomic E-state index is -5.08. The van der Waals surface area contributed by atoms with Gasteiger partial charge in [0.2, 0.25) is 0 Å². The van der Waals surface area contributed by atoms with Crippen molar-refractivity contribution in [3.63, 3.8) is 0 Å². The number of halogens is 3. The molecule has 1 unspecified atom stereocenters. The Morgan fingerprint density at radius 2 is 1.79 bits per heavy atom. The fourth-order valence-corrected chi connectivity index (χ4v) is 3.65. The quantitative estimate of drug-likeness (QED) is 0.598. The molecule has 3 aromatic rings. The first-order chi connectivity index (χ1) is 15.7. The van der Waals surface area contributed by atoms with Gasteiger partial charge in [0.25, 0.3) is 0 Å². The third-order valence-corrected chi connectivity index (χ3v) is 5.26. The van der Waals surface area contributed by atoms with Crippen LogP contribution in [-0.4, -0.2) is 45.8 Å². The molecule has 0 aliphatic heterocycles. The third-order valence-electron chi connectivity index (χ3n) is 5.26. The lowest BCUT2D eigenvalue weighted by molar-refractivity contribution is -0.192. The second-order valence-electron chi connectivity index (χ2n) is 7.44. The van der Waals surface area contributed by atoms with Crippen LogP contribution < -0.4 is 10.6 Å². The molecule has 1 atom stereocenters.